The van der Waals surface area contributed by atoms with Crippen molar-refractivity contribution in [2.24, 2.45) is 0 Å². The summed E-state index contributed by atoms with van der Waals surface area (Å²) in [6.07, 6.45) is 0.480. The molecular weight excluding hydrogens is 438 g/mol. The summed E-state index contributed by atoms with van der Waals surface area (Å²) in [6.45, 7) is 2.01. The highest BCUT2D eigenvalue weighted by Gasteiger charge is 2.26. The minimum atomic E-state index is -0.550. The lowest BCUT2D eigenvalue weighted by Gasteiger charge is -2.17. The Balaban J connectivity index is 1.66. The molecule has 4 rings (SSSR count). The molecule has 1 aliphatic heterocycles. The van der Waals surface area contributed by atoms with Crippen LogP contribution in [-0.2, 0) is 4.79 Å². The molecule has 2 aromatic carbocycles. The number of rotatable bonds is 6. The first-order chi connectivity index (χ1) is 16.0. The number of ether oxygens (including phenoxy) is 2. The number of amides is 1. The van der Waals surface area contributed by atoms with Crippen LogP contribution >= 0.6 is 11.8 Å². The van der Waals surface area contributed by atoms with Crippen molar-refractivity contribution in [1.29, 1.82) is 10.5 Å². The van der Waals surface area contributed by atoms with Crippen LogP contribution in [0.3, 0.4) is 0 Å². The maximum Gasteiger partial charge on any atom is 0.237 e. The van der Waals surface area contributed by atoms with Crippen LogP contribution in [0, 0.1) is 22.7 Å². The molecule has 0 bridgehead atoms. The Morgan fingerprint density at radius 2 is 1.88 bits per heavy atom. The molecule has 33 heavy (non-hydrogen) atoms. The summed E-state index contributed by atoms with van der Waals surface area (Å²) in [7, 11) is 0. The van der Waals surface area contributed by atoms with Crippen LogP contribution in [0.5, 0.6) is 11.5 Å². The van der Waals surface area contributed by atoms with Gasteiger partial charge < -0.3 is 20.5 Å². The largest absolute Gasteiger partial charge is 0.454 e. The van der Waals surface area contributed by atoms with Crippen molar-refractivity contribution < 1.29 is 14.3 Å². The van der Waals surface area contributed by atoms with Crippen LogP contribution in [-0.4, -0.2) is 22.9 Å². The van der Waals surface area contributed by atoms with Gasteiger partial charge in [0.2, 0.25) is 12.7 Å². The fraction of sp³-hybridized carbons (Fsp3) is 0.167. The van der Waals surface area contributed by atoms with E-state index in [9.17, 15) is 15.3 Å². The van der Waals surface area contributed by atoms with Crippen LogP contribution in [0.4, 0.5) is 11.5 Å². The monoisotopic (exact) mass is 457 g/mol. The molecule has 1 amide bonds. The van der Waals surface area contributed by atoms with E-state index in [1.807, 2.05) is 25.1 Å². The van der Waals surface area contributed by atoms with Crippen molar-refractivity contribution in [3.8, 4) is 34.8 Å². The van der Waals surface area contributed by atoms with Gasteiger partial charge in [-0.05, 0) is 24.1 Å². The summed E-state index contributed by atoms with van der Waals surface area (Å²) in [5, 5.41) is 22.2. The Morgan fingerprint density at radius 3 is 2.58 bits per heavy atom. The number of nitrogens with two attached hydrogens (primary N) is 1. The van der Waals surface area contributed by atoms with Crippen molar-refractivity contribution in [1.82, 2.24) is 4.98 Å². The molecule has 9 heteroatoms. The molecule has 1 atom stereocenters. The van der Waals surface area contributed by atoms with E-state index < -0.39 is 5.25 Å². The number of anilines is 2. The summed E-state index contributed by atoms with van der Waals surface area (Å²) < 4.78 is 10.7. The van der Waals surface area contributed by atoms with Crippen LogP contribution in [0.1, 0.15) is 24.5 Å². The van der Waals surface area contributed by atoms with Gasteiger partial charge >= 0.3 is 0 Å². The molecule has 8 nitrogen and oxygen atoms in total. The Bertz CT molecular complexity index is 1300. The number of pyridine rings is 1. The van der Waals surface area contributed by atoms with Crippen molar-refractivity contribution in [3.05, 3.63) is 59.7 Å². The Morgan fingerprint density at radius 1 is 1.15 bits per heavy atom. The zero-order chi connectivity index (χ0) is 23.4. The highest BCUT2D eigenvalue weighted by molar-refractivity contribution is 8.00. The summed E-state index contributed by atoms with van der Waals surface area (Å²) in [5.74, 6) is 0.952. The van der Waals surface area contributed by atoms with E-state index in [-0.39, 0.29) is 29.6 Å². The SMILES string of the molecule is CCC(Sc1nc(N)c(C#N)c(-c2ccccc2)c1C#N)C(=O)Nc1ccc2c(c1)OCO2. The third kappa shape index (κ3) is 4.40. The van der Waals surface area contributed by atoms with E-state index in [0.29, 0.717) is 39.8 Å². The molecule has 164 valence electrons. The number of benzene rings is 2. The highest BCUT2D eigenvalue weighted by atomic mass is 32.2. The average Bonchev–Trinajstić information content (AvgIpc) is 3.30. The van der Waals surface area contributed by atoms with Gasteiger partial charge in [-0.15, -0.1) is 0 Å². The second kappa shape index (κ2) is 9.51. The third-order valence-electron chi connectivity index (χ3n) is 5.04. The predicted octanol–water partition coefficient (Wildman–Crippen LogP) is 4.31. The van der Waals surface area contributed by atoms with Crippen molar-refractivity contribution >= 4 is 29.2 Å². The van der Waals surface area contributed by atoms with Crippen molar-refractivity contribution in [2.45, 2.75) is 23.6 Å². The molecule has 2 heterocycles. The molecule has 1 aliphatic rings. The van der Waals surface area contributed by atoms with E-state index in [4.69, 9.17) is 15.2 Å². The lowest BCUT2D eigenvalue weighted by Crippen LogP contribution is -2.25. The standard InChI is InChI=1S/C24H19N5O3S/c1-2-20(23(30)28-15-8-9-18-19(10-15)32-13-31-18)33-24-17(12-26)21(14-6-4-3-5-7-14)16(11-25)22(27)29-24/h3-10,20H,2,13H2,1H3,(H2,27,29)(H,28,30). The molecule has 0 aliphatic carbocycles. The summed E-state index contributed by atoms with van der Waals surface area (Å²) in [6, 6.07) is 18.4. The normalized spacial score (nSPS) is 12.5. The molecule has 1 aromatic heterocycles. The van der Waals surface area contributed by atoms with Gasteiger partial charge in [-0.1, -0.05) is 49.0 Å². The maximum absolute atomic E-state index is 13.0. The van der Waals surface area contributed by atoms with Crippen molar-refractivity contribution in [2.75, 3.05) is 17.8 Å². The quantitative estimate of drug-likeness (QED) is 0.523. The molecular formula is C24H19N5O3S. The lowest BCUT2D eigenvalue weighted by atomic mass is 9.97. The van der Waals surface area contributed by atoms with Crippen LogP contribution < -0.4 is 20.5 Å². The van der Waals surface area contributed by atoms with Gasteiger partial charge in [0, 0.05) is 17.3 Å². The summed E-state index contributed by atoms with van der Waals surface area (Å²) in [5.41, 5.74) is 8.10. The number of aromatic nitrogens is 1. The second-order valence-corrected chi connectivity index (χ2v) is 8.28. The van der Waals surface area contributed by atoms with E-state index in [0.717, 1.165) is 11.8 Å². The molecule has 0 radical (unpaired) electrons. The zero-order valence-electron chi connectivity index (χ0n) is 17.7. The van der Waals surface area contributed by atoms with E-state index in [1.165, 1.54) is 0 Å². The highest BCUT2D eigenvalue weighted by Crippen LogP contribution is 2.38. The topological polar surface area (TPSA) is 134 Å². The number of hydrogen-bond acceptors (Lipinski definition) is 8. The van der Waals surface area contributed by atoms with Gasteiger partial charge in [-0.2, -0.15) is 10.5 Å². The first kappa shape index (κ1) is 22.0. The molecule has 3 aromatic rings. The molecule has 0 saturated carbocycles. The Labute approximate surface area is 195 Å². The molecule has 1 unspecified atom stereocenters. The minimum absolute atomic E-state index is 0.0175. The Hall–Kier alpha value is -4.21. The number of thioether (sulfide) groups is 1. The predicted molar refractivity (Wildman–Crippen MR) is 125 cm³/mol. The smallest absolute Gasteiger partial charge is 0.237 e. The second-order valence-electron chi connectivity index (χ2n) is 7.09. The summed E-state index contributed by atoms with van der Waals surface area (Å²) >= 11 is 1.14. The number of nitrogen functional groups attached to an aromatic ring is 1. The number of nitrogens with one attached hydrogen (secondary N) is 1. The van der Waals surface area contributed by atoms with Gasteiger partial charge in [-0.3, -0.25) is 4.79 Å². The van der Waals surface area contributed by atoms with Gasteiger partial charge in [0.05, 0.1) is 10.8 Å². The maximum atomic E-state index is 13.0. The van der Waals surface area contributed by atoms with E-state index in [1.54, 1.807) is 30.3 Å². The van der Waals surface area contributed by atoms with E-state index >= 15 is 0 Å². The lowest BCUT2D eigenvalue weighted by molar-refractivity contribution is -0.115. The van der Waals surface area contributed by atoms with Gasteiger partial charge in [-0.25, -0.2) is 4.98 Å². The average molecular weight is 458 g/mol. The molecule has 0 spiro atoms. The zero-order valence-corrected chi connectivity index (χ0v) is 18.5. The fourth-order valence-electron chi connectivity index (χ4n) is 3.43. The van der Waals surface area contributed by atoms with Crippen LogP contribution in [0.15, 0.2) is 53.6 Å². The number of fused-ring (bicyclic) bond motifs is 1. The van der Waals surface area contributed by atoms with Crippen LogP contribution in [0.25, 0.3) is 11.1 Å². The first-order valence-electron chi connectivity index (χ1n) is 10.1. The van der Waals surface area contributed by atoms with Gasteiger partial charge in [0.15, 0.2) is 11.5 Å². The first-order valence-corrected chi connectivity index (χ1v) is 11.0. The molecule has 3 N–H and O–H groups in total. The van der Waals surface area contributed by atoms with Gasteiger partial charge in [0.1, 0.15) is 28.5 Å². The van der Waals surface area contributed by atoms with Crippen molar-refractivity contribution in [3.63, 3.8) is 0 Å². The summed E-state index contributed by atoms with van der Waals surface area (Å²) in [4.78, 5) is 17.3. The molecule has 0 saturated heterocycles. The number of hydrogen-bond donors (Lipinski definition) is 2. The number of nitrogens with zero attached hydrogens (tertiary/aromatic N) is 3. The fourth-order valence-corrected chi connectivity index (χ4v) is 4.45. The number of carbonyl (C=O) groups excluding carboxylic acids is 1. The van der Waals surface area contributed by atoms with Gasteiger partial charge in [0.25, 0.3) is 0 Å². The number of nitriles is 2. The van der Waals surface area contributed by atoms with Crippen LogP contribution in [0.2, 0.25) is 0 Å². The van der Waals surface area contributed by atoms with E-state index in [2.05, 4.69) is 22.4 Å². The third-order valence-corrected chi connectivity index (χ3v) is 6.39. The Kier molecular flexibility index (Phi) is 6.34. The minimum Gasteiger partial charge on any atom is -0.454 e. The molecule has 0 fully saturated rings. The number of carbonyl (C=O) groups is 1.